The van der Waals surface area contributed by atoms with Crippen molar-refractivity contribution in [3.05, 3.63) is 81.9 Å². The molecule has 8 nitrogen and oxygen atoms in total. The summed E-state index contributed by atoms with van der Waals surface area (Å²) >= 11 is 0. The van der Waals surface area contributed by atoms with E-state index in [1.165, 1.54) is 30.3 Å². The second kappa shape index (κ2) is 12.4. The van der Waals surface area contributed by atoms with E-state index >= 15 is 4.39 Å². The van der Waals surface area contributed by atoms with Gasteiger partial charge in [-0.1, -0.05) is 19.9 Å². The molecule has 1 fully saturated rings. The first-order valence-corrected chi connectivity index (χ1v) is 13.3. The van der Waals surface area contributed by atoms with Crippen LogP contribution in [0.25, 0.3) is 27.7 Å². The van der Waals surface area contributed by atoms with Gasteiger partial charge in [-0.25, -0.2) is 13.6 Å². The molecule has 0 amide bonds. The first-order valence-electron chi connectivity index (χ1n) is 13.3. The van der Waals surface area contributed by atoms with Crippen molar-refractivity contribution < 1.29 is 37.0 Å². The highest BCUT2D eigenvalue weighted by atomic mass is 19.4. The molecule has 1 saturated heterocycles. The first kappa shape index (κ1) is 31.4. The lowest BCUT2D eigenvalue weighted by Gasteiger charge is -2.31. The molecule has 3 N–H and O–H groups in total. The number of alkyl halides is 3. The molecule has 0 aliphatic carbocycles. The first-order chi connectivity index (χ1) is 20.2. The zero-order valence-electron chi connectivity index (χ0n) is 23.5. The minimum absolute atomic E-state index is 0.0187. The van der Waals surface area contributed by atoms with Gasteiger partial charge >= 0.3 is 12.1 Å². The summed E-state index contributed by atoms with van der Waals surface area (Å²) in [6.45, 7) is 8.71. The lowest BCUT2D eigenvalue weighted by molar-refractivity contribution is -0.192. The van der Waals surface area contributed by atoms with E-state index < -0.39 is 23.8 Å². The number of aromatic hydroxyl groups is 1. The molecule has 0 spiro atoms. The number of anilines is 1. The Morgan fingerprint density at radius 2 is 1.70 bits per heavy atom. The summed E-state index contributed by atoms with van der Waals surface area (Å²) in [4.78, 5) is 29.3. The number of halogens is 5. The van der Waals surface area contributed by atoms with E-state index in [0.717, 1.165) is 24.3 Å². The molecule has 3 heterocycles. The summed E-state index contributed by atoms with van der Waals surface area (Å²) in [6, 6.07) is 10.0. The number of rotatable bonds is 4. The van der Waals surface area contributed by atoms with Gasteiger partial charge in [0.2, 0.25) is 0 Å². The van der Waals surface area contributed by atoms with E-state index in [0.29, 0.717) is 35.4 Å². The maximum atomic E-state index is 15.6. The van der Waals surface area contributed by atoms with Gasteiger partial charge in [0.15, 0.2) is 0 Å². The largest absolute Gasteiger partial charge is 0.507 e. The Hall–Kier alpha value is -4.52. The Morgan fingerprint density at radius 3 is 2.28 bits per heavy atom. The number of aryl methyl sites for hydroxylation is 1. The average Bonchev–Trinajstić information content (AvgIpc) is 2.93. The Labute approximate surface area is 243 Å². The number of hydrogen-bond acceptors (Lipinski definition) is 6. The highest BCUT2D eigenvalue weighted by Gasteiger charge is 2.38. The van der Waals surface area contributed by atoms with Crippen molar-refractivity contribution in [2.75, 3.05) is 31.1 Å². The zero-order chi connectivity index (χ0) is 31.6. The third-order valence-corrected chi connectivity index (χ3v) is 6.97. The molecule has 0 unspecified atom stereocenters. The molecular weight excluding hydrogens is 575 g/mol. The Morgan fingerprint density at radius 1 is 1.05 bits per heavy atom. The van der Waals surface area contributed by atoms with Gasteiger partial charge in [0.25, 0.3) is 5.56 Å². The predicted octanol–water partition coefficient (Wildman–Crippen LogP) is 5.51. The number of phenols is 1. The fraction of sp³-hybridized carbons (Fsp3) is 0.300. The number of carbonyl (C=O) groups is 1. The van der Waals surface area contributed by atoms with Gasteiger partial charge in [-0.05, 0) is 48.7 Å². The van der Waals surface area contributed by atoms with E-state index in [1.807, 2.05) is 26.8 Å². The lowest BCUT2D eigenvalue weighted by Crippen LogP contribution is -2.44. The Bertz CT molecular complexity index is 1710. The molecule has 2 aromatic heterocycles. The monoisotopic (exact) mass is 604 g/mol. The average molecular weight is 605 g/mol. The molecule has 2 aromatic carbocycles. The molecule has 0 bridgehead atoms. The third-order valence-electron chi connectivity index (χ3n) is 6.97. The molecular formula is C30H29F5N4O4. The molecule has 5 rings (SSSR count). The highest BCUT2D eigenvalue weighted by molar-refractivity contribution is 5.96. The maximum absolute atomic E-state index is 15.6. The number of aromatic nitrogens is 2. The molecule has 1 aliphatic heterocycles. The van der Waals surface area contributed by atoms with E-state index in [-0.39, 0.29) is 28.4 Å². The number of benzene rings is 2. The standard InChI is InChI=1S/C28H28F2N4O2.C2HF3O2/c1-16(2)27-28(17(3)7-8-32-27)34-23-14-18(26-20(29)5-4-6-24(26)35)21(30)13-19(23)22(15-25(34)36)33-11-9-31-10-12-33;3-2(4,5)1(6)7/h4-8,13-16,31,35H,9-12H2,1-3H3;(H,6,7). The van der Waals surface area contributed by atoms with Crippen LogP contribution >= 0.6 is 0 Å². The van der Waals surface area contributed by atoms with Gasteiger partial charge in [0, 0.05) is 49.4 Å². The van der Waals surface area contributed by atoms with Crippen molar-refractivity contribution in [1.29, 1.82) is 0 Å². The molecule has 0 saturated carbocycles. The number of phenolic OH excluding ortho intramolecular Hbond substituents is 1. The summed E-state index contributed by atoms with van der Waals surface area (Å²) in [6.07, 6.45) is -3.38. The zero-order valence-corrected chi connectivity index (χ0v) is 23.5. The van der Waals surface area contributed by atoms with Crippen LogP contribution in [0.2, 0.25) is 0 Å². The summed E-state index contributed by atoms with van der Waals surface area (Å²) in [5.41, 5.74) is 2.61. The topological polar surface area (TPSA) is 108 Å². The smallest absolute Gasteiger partial charge is 0.490 e. The van der Waals surface area contributed by atoms with Crippen molar-refractivity contribution >= 4 is 22.6 Å². The van der Waals surface area contributed by atoms with Gasteiger partial charge in [-0.3, -0.25) is 14.3 Å². The fourth-order valence-corrected chi connectivity index (χ4v) is 4.98. The number of pyridine rings is 2. The predicted molar refractivity (Wildman–Crippen MR) is 152 cm³/mol. The number of nitrogens with one attached hydrogen (secondary N) is 1. The number of aliphatic carboxylic acids is 1. The minimum atomic E-state index is -5.08. The number of carboxylic acid groups (broad SMARTS) is 1. The number of hydrogen-bond donors (Lipinski definition) is 3. The van der Waals surface area contributed by atoms with Crippen molar-refractivity contribution in [2.24, 2.45) is 0 Å². The summed E-state index contributed by atoms with van der Waals surface area (Å²) < 4.78 is 63.7. The van der Waals surface area contributed by atoms with Gasteiger partial charge in [0.05, 0.1) is 28.1 Å². The number of piperazine rings is 1. The van der Waals surface area contributed by atoms with Crippen LogP contribution in [-0.4, -0.2) is 58.1 Å². The fourth-order valence-electron chi connectivity index (χ4n) is 4.98. The second-order valence-corrected chi connectivity index (χ2v) is 10.2. The Kier molecular flexibility index (Phi) is 9.04. The van der Waals surface area contributed by atoms with E-state index in [9.17, 15) is 27.5 Å². The summed E-state index contributed by atoms with van der Waals surface area (Å²) in [5.74, 6) is -4.55. The van der Waals surface area contributed by atoms with Crippen molar-refractivity contribution in [3.63, 3.8) is 0 Å². The van der Waals surface area contributed by atoms with Crippen LogP contribution in [0.3, 0.4) is 0 Å². The van der Waals surface area contributed by atoms with Crippen LogP contribution in [0.4, 0.5) is 27.6 Å². The highest BCUT2D eigenvalue weighted by Crippen LogP contribution is 2.38. The SMILES string of the molecule is Cc1ccnc(C(C)C)c1-n1c(=O)cc(N2CCNCC2)c2cc(F)c(-c3c(O)cccc3F)cc21.O=C(O)C(F)(F)F. The van der Waals surface area contributed by atoms with Crippen molar-refractivity contribution in [2.45, 2.75) is 32.9 Å². The molecule has 1 aliphatic rings. The van der Waals surface area contributed by atoms with Crippen LogP contribution in [0.5, 0.6) is 5.75 Å². The van der Waals surface area contributed by atoms with Crippen molar-refractivity contribution in [1.82, 2.24) is 14.9 Å². The van der Waals surface area contributed by atoms with Crippen LogP contribution in [0.15, 0.2) is 53.5 Å². The van der Waals surface area contributed by atoms with Gasteiger partial charge in [-0.15, -0.1) is 0 Å². The molecule has 228 valence electrons. The lowest BCUT2D eigenvalue weighted by atomic mass is 9.99. The minimum Gasteiger partial charge on any atom is -0.507 e. The van der Waals surface area contributed by atoms with Crippen LogP contribution in [-0.2, 0) is 4.79 Å². The summed E-state index contributed by atoms with van der Waals surface area (Å²) in [7, 11) is 0. The molecule has 43 heavy (non-hydrogen) atoms. The Balaban J connectivity index is 0.000000541. The third kappa shape index (κ3) is 6.46. The number of carboxylic acids is 1. The molecule has 13 heteroatoms. The van der Waals surface area contributed by atoms with E-state index in [2.05, 4.69) is 15.2 Å². The van der Waals surface area contributed by atoms with Gasteiger partial charge < -0.3 is 20.4 Å². The quantitative estimate of drug-likeness (QED) is 0.264. The van der Waals surface area contributed by atoms with Crippen molar-refractivity contribution in [3.8, 4) is 22.6 Å². The number of nitrogens with zero attached hydrogens (tertiary/aromatic N) is 3. The van der Waals surface area contributed by atoms with Gasteiger partial charge in [0.1, 0.15) is 17.4 Å². The number of fused-ring (bicyclic) bond motifs is 1. The van der Waals surface area contributed by atoms with E-state index in [4.69, 9.17) is 9.90 Å². The van der Waals surface area contributed by atoms with Crippen LogP contribution in [0.1, 0.15) is 31.0 Å². The molecule has 0 radical (unpaired) electrons. The van der Waals surface area contributed by atoms with Gasteiger partial charge in [-0.2, -0.15) is 13.2 Å². The van der Waals surface area contributed by atoms with E-state index in [1.54, 1.807) is 16.8 Å². The second-order valence-electron chi connectivity index (χ2n) is 10.2. The maximum Gasteiger partial charge on any atom is 0.490 e. The normalized spacial score (nSPS) is 13.7. The van der Waals surface area contributed by atoms with Crippen LogP contribution in [0, 0.1) is 18.6 Å². The molecule has 0 atom stereocenters. The summed E-state index contributed by atoms with van der Waals surface area (Å²) in [5, 5.41) is 21.3. The van der Waals surface area contributed by atoms with Crippen LogP contribution < -0.4 is 15.8 Å². The molecule has 4 aromatic rings.